The molecule has 0 bridgehead atoms. The van der Waals surface area contributed by atoms with Gasteiger partial charge < -0.3 is 14.7 Å². The molecule has 2 rings (SSSR count). The van der Waals surface area contributed by atoms with E-state index in [1.807, 2.05) is 6.92 Å². The van der Waals surface area contributed by atoms with Crippen LogP contribution in [0.5, 0.6) is 0 Å². The number of amides is 1. The normalized spacial score (nSPS) is 21.7. The molecule has 0 aliphatic carbocycles. The number of hydrogen-bond donors (Lipinski definition) is 1. The van der Waals surface area contributed by atoms with Crippen LogP contribution in [0.4, 0.5) is 0 Å². The van der Waals surface area contributed by atoms with E-state index in [0.717, 1.165) is 6.42 Å². The molecule has 5 nitrogen and oxygen atoms in total. The van der Waals surface area contributed by atoms with Crippen LogP contribution in [0, 0.1) is 0 Å². The van der Waals surface area contributed by atoms with Crippen LogP contribution in [0.1, 0.15) is 29.3 Å². The third kappa shape index (κ3) is 2.99. The summed E-state index contributed by atoms with van der Waals surface area (Å²) in [6.07, 6.45) is 0.949. The number of carboxylic acid groups (broad SMARTS) is 1. The van der Waals surface area contributed by atoms with Gasteiger partial charge in [-0.1, -0.05) is 18.2 Å². The lowest BCUT2D eigenvalue weighted by atomic mass is 10.0. The van der Waals surface area contributed by atoms with Gasteiger partial charge in [-0.25, -0.2) is 4.79 Å². The fourth-order valence-corrected chi connectivity index (χ4v) is 2.58. The lowest BCUT2D eigenvalue weighted by molar-refractivity contribution is -0.132. The molecule has 1 aromatic rings. The number of carbonyl (C=O) groups excluding carboxylic acids is 1. The van der Waals surface area contributed by atoms with Crippen molar-refractivity contribution in [3.8, 4) is 0 Å². The van der Waals surface area contributed by atoms with E-state index in [0.29, 0.717) is 12.2 Å². The van der Waals surface area contributed by atoms with Gasteiger partial charge >= 0.3 is 5.97 Å². The smallest absolute Gasteiger partial charge is 0.335 e. The molecule has 0 saturated carbocycles. The molecule has 0 aromatic heterocycles. The average molecular weight is 277 g/mol. The molecule has 2 unspecified atom stereocenters. The number of nitrogens with zero attached hydrogens (tertiary/aromatic N) is 1. The highest BCUT2D eigenvalue weighted by Crippen LogP contribution is 2.19. The predicted octanol–water partition coefficient (Wildman–Crippen LogP) is 1.56. The van der Waals surface area contributed by atoms with Crippen LogP contribution in [0.25, 0.3) is 0 Å². The van der Waals surface area contributed by atoms with Crippen molar-refractivity contribution in [2.45, 2.75) is 31.9 Å². The zero-order chi connectivity index (χ0) is 14.7. The summed E-state index contributed by atoms with van der Waals surface area (Å²) in [6.45, 7) is 2.61. The summed E-state index contributed by atoms with van der Waals surface area (Å²) in [5, 5.41) is 9.13. The van der Waals surface area contributed by atoms with E-state index in [-0.39, 0.29) is 30.0 Å². The molecule has 1 saturated heterocycles. The summed E-state index contributed by atoms with van der Waals surface area (Å²) < 4.78 is 5.46. The molecule has 2 atom stereocenters. The van der Waals surface area contributed by atoms with Crippen molar-refractivity contribution in [3.05, 3.63) is 35.4 Å². The topological polar surface area (TPSA) is 66.8 Å². The van der Waals surface area contributed by atoms with Crippen LogP contribution in [0.2, 0.25) is 0 Å². The SMILES string of the molecule is CC1OCCC1N(C)C(=O)Cc1ccccc1C(=O)O. The van der Waals surface area contributed by atoms with Crippen molar-refractivity contribution < 1.29 is 19.4 Å². The minimum atomic E-state index is -1.01. The Morgan fingerprint density at radius 3 is 2.70 bits per heavy atom. The van der Waals surface area contributed by atoms with Gasteiger partial charge in [-0.15, -0.1) is 0 Å². The van der Waals surface area contributed by atoms with Crippen LogP contribution >= 0.6 is 0 Å². The summed E-state index contributed by atoms with van der Waals surface area (Å²) in [6, 6.07) is 6.68. The number of carboxylic acids is 1. The van der Waals surface area contributed by atoms with E-state index in [4.69, 9.17) is 9.84 Å². The highest BCUT2D eigenvalue weighted by atomic mass is 16.5. The van der Waals surface area contributed by atoms with Gasteiger partial charge in [-0.05, 0) is 25.0 Å². The zero-order valence-electron chi connectivity index (χ0n) is 11.7. The first-order chi connectivity index (χ1) is 9.50. The second kappa shape index (κ2) is 6.05. The highest BCUT2D eigenvalue weighted by Gasteiger charge is 2.30. The molecule has 1 heterocycles. The molecule has 108 valence electrons. The summed E-state index contributed by atoms with van der Waals surface area (Å²) in [4.78, 5) is 25.1. The van der Waals surface area contributed by atoms with Gasteiger partial charge in [0.1, 0.15) is 0 Å². The van der Waals surface area contributed by atoms with Crippen molar-refractivity contribution >= 4 is 11.9 Å². The monoisotopic (exact) mass is 277 g/mol. The number of ether oxygens (including phenoxy) is 1. The maximum absolute atomic E-state index is 12.3. The molecular formula is C15H19NO4. The van der Waals surface area contributed by atoms with Gasteiger partial charge in [0.15, 0.2) is 0 Å². The van der Waals surface area contributed by atoms with E-state index >= 15 is 0 Å². The predicted molar refractivity (Wildman–Crippen MR) is 73.7 cm³/mol. The molecule has 1 aliphatic rings. The Kier molecular flexibility index (Phi) is 4.39. The average Bonchev–Trinajstić information content (AvgIpc) is 2.84. The number of benzene rings is 1. The first kappa shape index (κ1) is 14.5. The molecular weight excluding hydrogens is 258 g/mol. The number of hydrogen-bond acceptors (Lipinski definition) is 3. The fourth-order valence-electron chi connectivity index (χ4n) is 2.58. The van der Waals surface area contributed by atoms with Crippen molar-refractivity contribution in [2.75, 3.05) is 13.7 Å². The van der Waals surface area contributed by atoms with Crippen LogP contribution in [-0.2, 0) is 16.0 Å². The fraction of sp³-hybridized carbons (Fsp3) is 0.467. The van der Waals surface area contributed by atoms with Crippen LogP contribution in [0.15, 0.2) is 24.3 Å². The van der Waals surface area contributed by atoms with Crippen LogP contribution in [-0.4, -0.2) is 47.7 Å². The minimum absolute atomic E-state index is 0.0265. The molecule has 1 N–H and O–H groups in total. The molecule has 1 amide bonds. The molecule has 1 fully saturated rings. The zero-order valence-corrected chi connectivity index (χ0v) is 11.7. The van der Waals surface area contributed by atoms with E-state index < -0.39 is 5.97 Å². The Hall–Kier alpha value is -1.88. The Balaban J connectivity index is 2.10. The highest BCUT2D eigenvalue weighted by molar-refractivity contribution is 5.91. The number of likely N-dealkylation sites (N-methyl/N-ethyl adjacent to an activating group) is 1. The summed E-state index contributed by atoms with van der Waals surface area (Å²) in [7, 11) is 1.75. The number of aromatic carboxylic acids is 1. The van der Waals surface area contributed by atoms with Gasteiger partial charge in [0, 0.05) is 13.7 Å². The Bertz CT molecular complexity index is 514. The van der Waals surface area contributed by atoms with Crippen molar-refractivity contribution in [2.24, 2.45) is 0 Å². The molecule has 1 aliphatic heterocycles. The van der Waals surface area contributed by atoms with E-state index in [9.17, 15) is 9.59 Å². The summed E-state index contributed by atoms with van der Waals surface area (Å²) in [5.74, 6) is -1.09. The van der Waals surface area contributed by atoms with Gasteiger partial charge in [0.2, 0.25) is 5.91 Å². The minimum Gasteiger partial charge on any atom is -0.478 e. The first-order valence-electron chi connectivity index (χ1n) is 6.69. The van der Waals surface area contributed by atoms with Crippen LogP contribution < -0.4 is 0 Å². The summed E-state index contributed by atoms with van der Waals surface area (Å²) >= 11 is 0. The second-order valence-corrected chi connectivity index (χ2v) is 5.08. The molecule has 0 spiro atoms. The van der Waals surface area contributed by atoms with Crippen molar-refractivity contribution in [1.29, 1.82) is 0 Å². The van der Waals surface area contributed by atoms with Gasteiger partial charge in [-0.2, -0.15) is 0 Å². The maximum atomic E-state index is 12.3. The van der Waals surface area contributed by atoms with Gasteiger partial charge in [-0.3, -0.25) is 4.79 Å². The Morgan fingerprint density at radius 1 is 1.40 bits per heavy atom. The maximum Gasteiger partial charge on any atom is 0.335 e. The van der Waals surface area contributed by atoms with E-state index in [1.54, 1.807) is 30.1 Å². The number of carbonyl (C=O) groups is 2. The molecule has 0 radical (unpaired) electrons. The standard InChI is InChI=1S/C15H19NO4/c1-10-13(7-8-20-10)16(2)14(17)9-11-5-3-4-6-12(11)15(18)19/h3-6,10,13H,7-9H2,1-2H3,(H,18,19). The third-order valence-corrected chi connectivity index (χ3v) is 3.82. The molecule has 20 heavy (non-hydrogen) atoms. The molecule has 1 aromatic carbocycles. The molecule has 5 heteroatoms. The quantitative estimate of drug-likeness (QED) is 0.907. The van der Waals surface area contributed by atoms with Gasteiger partial charge in [0.05, 0.1) is 24.1 Å². The third-order valence-electron chi connectivity index (χ3n) is 3.82. The second-order valence-electron chi connectivity index (χ2n) is 5.08. The number of rotatable bonds is 4. The van der Waals surface area contributed by atoms with Crippen molar-refractivity contribution in [3.63, 3.8) is 0 Å². The van der Waals surface area contributed by atoms with Crippen LogP contribution in [0.3, 0.4) is 0 Å². The van der Waals surface area contributed by atoms with Gasteiger partial charge in [0.25, 0.3) is 0 Å². The lowest BCUT2D eigenvalue weighted by Crippen LogP contribution is -2.41. The van der Waals surface area contributed by atoms with E-state index in [2.05, 4.69) is 0 Å². The first-order valence-corrected chi connectivity index (χ1v) is 6.69. The Morgan fingerprint density at radius 2 is 2.10 bits per heavy atom. The van der Waals surface area contributed by atoms with Crippen molar-refractivity contribution in [1.82, 2.24) is 4.90 Å². The largest absolute Gasteiger partial charge is 0.478 e. The van der Waals surface area contributed by atoms with E-state index in [1.165, 1.54) is 6.07 Å². The summed E-state index contributed by atoms with van der Waals surface area (Å²) in [5.41, 5.74) is 0.730. The Labute approximate surface area is 118 Å². The lowest BCUT2D eigenvalue weighted by Gasteiger charge is -2.27.